The maximum absolute atomic E-state index is 10.4. The third kappa shape index (κ3) is 22.7. The molecule has 4 nitrogen and oxygen atoms in total. The lowest BCUT2D eigenvalue weighted by Gasteiger charge is -2.03. The molecule has 0 amide bonds. The molecule has 0 aliphatic heterocycles. The first-order valence-corrected chi connectivity index (χ1v) is 10.7. The van der Waals surface area contributed by atoms with Crippen LogP contribution in [0.1, 0.15) is 116 Å². The van der Waals surface area contributed by atoms with Gasteiger partial charge in [-0.05, 0) is 25.7 Å². The SMILES string of the molecule is O=C(O)CC/C=C/CCCCCCCCCCCCCCCCC(=O)O. The fourth-order valence-electron chi connectivity index (χ4n) is 3.10. The summed E-state index contributed by atoms with van der Waals surface area (Å²) in [5.41, 5.74) is 0. The van der Waals surface area contributed by atoms with Crippen LogP contribution in [-0.2, 0) is 9.59 Å². The molecule has 0 atom stereocenters. The molecule has 0 saturated heterocycles. The highest BCUT2D eigenvalue weighted by Gasteiger charge is 1.97. The highest BCUT2D eigenvalue weighted by molar-refractivity contribution is 5.66. The zero-order chi connectivity index (χ0) is 19.3. The molecule has 0 aromatic carbocycles. The molecule has 26 heavy (non-hydrogen) atoms. The Kier molecular flexibility index (Phi) is 19.0. The number of unbranched alkanes of at least 4 members (excludes halogenated alkanes) is 14. The molecule has 0 aliphatic rings. The summed E-state index contributed by atoms with van der Waals surface area (Å²) in [5.74, 6) is -1.39. The van der Waals surface area contributed by atoms with Gasteiger partial charge in [-0.15, -0.1) is 0 Å². The smallest absolute Gasteiger partial charge is 0.303 e. The number of carboxylic acid groups (broad SMARTS) is 2. The largest absolute Gasteiger partial charge is 0.481 e. The van der Waals surface area contributed by atoms with E-state index in [0.29, 0.717) is 12.8 Å². The number of carbonyl (C=O) groups is 2. The molecule has 0 heterocycles. The van der Waals surface area contributed by atoms with Crippen LogP contribution in [0.4, 0.5) is 0 Å². The second-order valence-electron chi connectivity index (χ2n) is 7.29. The van der Waals surface area contributed by atoms with E-state index in [9.17, 15) is 9.59 Å². The minimum Gasteiger partial charge on any atom is -0.481 e. The molecule has 0 spiro atoms. The number of allylic oxidation sites excluding steroid dienone is 2. The van der Waals surface area contributed by atoms with E-state index in [4.69, 9.17) is 10.2 Å². The van der Waals surface area contributed by atoms with Gasteiger partial charge in [0.1, 0.15) is 0 Å². The molecule has 0 radical (unpaired) electrons. The fourth-order valence-corrected chi connectivity index (χ4v) is 3.10. The first-order chi connectivity index (χ1) is 12.6. The quantitative estimate of drug-likeness (QED) is 0.184. The molecule has 0 aromatic rings. The van der Waals surface area contributed by atoms with Gasteiger partial charge in [0.2, 0.25) is 0 Å². The van der Waals surface area contributed by atoms with Gasteiger partial charge in [0.25, 0.3) is 0 Å². The van der Waals surface area contributed by atoms with Gasteiger partial charge in [0.15, 0.2) is 0 Å². The molecule has 0 bridgehead atoms. The van der Waals surface area contributed by atoms with Crippen molar-refractivity contribution in [3.05, 3.63) is 12.2 Å². The van der Waals surface area contributed by atoms with Crippen LogP contribution >= 0.6 is 0 Å². The predicted octanol–water partition coefficient (Wildman–Crippen LogP) is 6.73. The van der Waals surface area contributed by atoms with Crippen LogP contribution in [0, 0.1) is 0 Å². The van der Waals surface area contributed by atoms with Crippen molar-refractivity contribution in [1.82, 2.24) is 0 Å². The van der Waals surface area contributed by atoms with Crippen molar-refractivity contribution >= 4 is 11.9 Å². The fraction of sp³-hybridized carbons (Fsp3) is 0.818. The first-order valence-electron chi connectivity index (χ1n) is 10.7. The summed E-state index contributed by atoms with van der Waals surface area (Å²) in [5, 5.41) is 17.1. The van der Waals surface area contributed by atoms with E-state index in [1.54, 1.807) is 0 Å². The molecular weight excluding hydrogens is 328 g/mol. The first kappa shape index (κ1) is 24.7. The highest BCUT2D eigenvalue weighted by Crippen LogP contribution is 2.13. The predicted molar refractivity (Wildman–Crippen MR) is 108 cm³/mol. The summed E-state index contributed by atoms with van der Waals surface area (Å²) in [6, 6.07) is 0. The highest BCUT2D eigenvalue weighted by atomic mass is 16.4. The zero-order valence-electron chi connectivity index (χ0n) is 16.6. The molecule has 2 N–H and O–H groups in total. The van der Waals surface area contributed by atoms with Gasteiger partial charge < -0.3 is 10.2 Å². The minimum atomic E-state index is -0.720. The van der Waals surface area contributed by atoms with Gasteiger partial charge in [-0.2, -0.15) is 0 Å². The Morgan fingerprint density at radius 1 is 0.462 bits per heavy atom. The third-order valence-corrected chi connectivity index (χ3v) is 4.70. The van der Waals surface area contributed by atoms with Crippen molar-refractivity contribution in [2.45, 2.75) is 116 Å². The van der Waals surface area contributed by atoms with Crippen LogP contribution in [0.5, 0.6) is 0 Å². The van der Waals surface area contributed by atoms with Crippen LogP contribution in [0.25, 0.3) is 0 Å². The van der Waals surface area contributed by atoms with Gasteiger partial charge in [-0.1, -0.05) is 89.2 Å². The lowest BCUT2D eigenvalue weighted by Crippen LogP contribution is -1.93. The van der Waals surface area contributed by atoms with E-state index < -0.39 is 11.9 Å². The number of hydrogen-bond donors (Lipinski definition) is 2. The maximum Gasteiger partial charge on any atom is 0.303 e. The van der Waals surface area contributed by atoms with Crippen LogP contribution in [0.15, 0.2) is 12.2 Å². The normalized spacial score (nSPS) is 11.2. The molecule has 152 valence electrons. The maximum atomic E-state index is 10.4. The molecule has 0 rings (SSSR count). The van der Waals surface area contributed by atoms with Crippen molar-refractivity contribution in [3.63, 3.8) is 0 Å². The molecule has 0 unspecified atom stereocenters. The van der Waals surface area contributed by atoms with Crippen molar-refractivity contribution in [3.8, 4) is 0 Å². The standard InChI is InChI=1S/C22H40O4/c23-21(24)19-17-15-13-11-9-7-5-3-1-2-4-6-8-10-12-14-16-18-20-22(25)26/h13,15H,1-12,14,16-20H2,(H,23,24)(H,25,26)/b15-13+. The van der Waals surface area contributed by atoms with Gasteiger partial charge in [0.05, 0.1) is 0 Å². The summed E-state index contributed by atoms with van der Waals surface area (Å²) in [6.07, 6.45) is 23.9. The van der Waals surface area contributed by atoms with E-state index in [1.807, 2.05) is 6.08 Å². The summed E-state index contributed by atoms with van der Waals surface area (Å²) in [4.78, 5) is 20.7. The molecule has 0 aromatic heterocycles. The minimum absolute atomic E-state index is 0.239. The Balaban J connectivity index is 3.07. The summed E-state index contributed by atoms with van der Waals surface area (Å²) >= 11 is 0. The van der Waals surface area contributed by atoms with E-state index in [2.05, 4.69) is 6.08 Å². The summed E-state index contributed by atoms with van der Waals surface area (Å²) in [7, 11) is 0. The summed E-state index contributed by atoms with van der Waals surface area (Å²) in [6.45, 7) is 0. The Bertz CT molecular complexity index is 363. The van der Waals surface area contributed by atoms with Gasteiger partial charge in [0, 0.05) is 12.8 Å². The second-order valence-corrected chi connectivity index (χ2v) is 7.29. The Hall–Kier alpha value is -1.32. The van der Waals surface area contributed by atoms with E-state index in [0.717, 1.165) is 19.3 Å². The van der Waals surface area contributed by atoms with Crippen molar-refractivity contribution < 1.29 is 19.8 Å². The number of rotatable bonds is 20. The van der Waals surface area contributed by atoms with Crippen molar-refractivity contribution in [2.24, 2.45) is 0 Å². The molecule has 0 saturated carbocycles. The van der Waals surface area contributed by atoms with Gasteiger partial charge in [-0.25, -0.2) is 0 Å². The topological polar surface area (TPSA) is 74.6 Å². The van der Waals surface area contributed by atoms with Gasteiger partial charge >= 0.3 is 11.9 Å². The molecule has 0 fully saturated rings. The van der Waals surface area contributed by atoms with Crippen molar-refractivity contribution in [2.75, 3.05) is 0 Å². The number of carboxylic acids is 2. The van der Waals surface area contributed by atoms with Gasteiger partial charge in [-0.3, -0.25) is 9.59 Å². The van der Waals surface area contributed by atoms with Crippen LogP contribution in [0.3, 0.4) is 0 Å². The molecule has 0 aliphatic carbocycles. The summed E-state index contributed by atoms with van der Waals surface area (Å²) < 4.78 is 0. The number of hydrogen-bond acceptors (Lipinski definition) is 2. The lowest BCUT2D eigenvalue weighted by atomic mass is 10.0. The van der Waals surface area contributed by atoms with E-state index in [1.165, 1.54) is 77.0 Å². The van der Waals surface area contributed by atoms with Crippen LogP contribution in [0.2, 0.25) is 0 Å². The van der Waals surface area contributed by atoms with Crippen LogP contribution < -0.4 is 0 Å². The Labute approximate surface area is 160 Å². The number of aliphatic carboxylic acids is 2. The lowest BCUT2D eigenvalue weighted by molar-refractivity contribution is -0.138. The van der Waals surface area contributed by atoms with E-state index >= 15 is 0 Å². The zero-order valence-corrected chi connectivity index (χ0v) is 16.6. The van der Waals surface area contributed by atoms with Crippen molar-refractivity contribution in [1.29, 1.82) is 0 Å². The Morgan fingerprint density at radius 2 is 0.808 bits per heavy atom. The monoisotopic (exact) mass is 368 g/mol. The van der Waals surface area contributed by atoms with E-state index in [-0.39, 0.29) is 6.42 Å². The second kappa shape index (κ2) is 20.0. The average Bonchev–Trinajstić information content (AvgIpc) is 2.59. The molecular formula is C22H40O4. The average molecular weight is 369 g/mol. The third-order valence-electron chi connectivity index (χ3n) is 4.70. The molecule has 4 heteroatoms. The Morgan fingerprint density at radius 3 is 1.23 bits per heavy atom. The van der Waals surface area contributed by atoms with Crippen LogP contribution in [-0.4, -0.2) is 22.2 Å².